The molecular weight excluding hydrogens is 263 g/mol. The Kier molecular flexibility index (Phi) is 3.15. The minimum absolute atomic E-state index is 0.0708. The van der Waals surface area contributed by atoms with Gasteiger partial charge in [-0.05, 0) is 18.2 Å². The summed E-state index contributed by atoms with van der Waals surface area (Å²) in [6, 6.07) is 3.91. The molecule has 0 saturated heterocycles. The number of anilines is 2. The fourth-order valence-corrected chi connectivity index (χ4v) is 1.59. The van der Waals surface area contributed by atoms with Crippen LogP contribution in [0.4, 0.5) is 21.6 Å². The highest BCUT2D eigenvalue weighted by Crippen LogP contribution is 2.27. The molecular formula is C10H8ClFN4O2. The molecule has 0 atom stereocenters. The zero-order valence-corrected chi connectivity index (χ0v) is 9.98. The summed E-state index contributed by atoms with van der Waals surface area (Å²) in [5, 5.41) is 17.3. The Hall–Kier alpha value is -2.15. The van der Waals surface area contributed by atoms with Crippen molar-refractivity contribution in [3.63, 3.8) is 0 Å². The molecule has 0 aliphatic heterocycles. The molecule has 0 aliphatic carbocycles. The van der Waals surface area contributed by atoms with Crippen LogP contribution in [0.1, 0.15) is 0 Å². The number of hydrogen-bond acceptors (Lipinski definition) is 4. The van der Waals surface area contributed by atoms with Crippen LogP contribution in [0.25, 0.3) is 0 Å². The van der Waals surface area contributed by atoms with Crippen LogP contribution in [-0.4, -0.2) is 14.7 Å². The first-order valence-electron chi connectivity index (χ1n) is 4.87. The van der Waals surface area contributed by atoms with E-state index in [1.165, 1.54) is 29.1 Å². The van der Waals surface area contributed by atoms with E-state index in [0.717, 1.165) is 0 Å². The molecule has 2 aromatic rings. The summed E-state index contributed by atoms with van der Waals surface area (Å²) < 4.78 is 14.3. The first-order valence-corrected chi connectivity index (χ1v) is 5.25. The van der Waals surface area contributed by atoms with Crippen LogP contribution in [0.5, 0.6) is 0 Å². The van der Waals surface area contributed by atoms with Crippen LogP contribution in [0, 0.1) is 15.9 Å². The van der Waals surface area contributed by atoms with Crippen molar-refractivity contribution in [1.29, 1.82) is 0 Å². The number of aryl methyl sites for hydroxylation is 1. The summed E-state index contributed by atoms with van der Waals surface area (Å²) in [4.78, 5) is 10.2. The van der Waals surface area contributed by atoms with Crippen LogP contribution < -0.4 is 5.32 Å². The van der Waals surface area contributed by atoms with Crippen LogP contribution in [-0.2, 0) is 7.05 Å². The molecule has 0 unspecified atom stereocenters. The molecule has 0 radical (unpaired) electrons. The lowest BCUT2D eigenvalue weighted by Gasteiger charge is -2.03. The summed E-state index contributed by atoms with van der Waals surface area (Å²) >= 11 is 5.61. The van der Waals surface area contributed by atoms with Gasteiger partial charge in [-0.2, -0.15) is 0 Å². The fraction of sp³-hybridized carbons (Fsp3) is 0.100. The maximum atomic E-state index is 13.0. The number of nitrogens with one attached hydrogen (secondary N) is 1. The average molecular weight is 271 g/mol. The number of nitrogens with zero attached hydrogens (tertiary/aromatic N) is 3. The van der Waals surface area contributed by atoms with Gasteiger partial charge in [-0.3, -0.25) is 14.8 Å². The molecule has 18 heavy (non-hydrogen) atoms. The van der Waals surface area contributed by atoms with Gasteiger partial charge >= 0.3 is 5.69 Å². The zero-order valence-electron chi connectivity index (χ0n) is 9.22. The molecule has 0 fully saturated rings. The van der Waals surface area contributed by atoms with Gasteiger partial charge in [0.15, 0.2) is 0 Å². The SMILES string of the molecule is Cn1cc([N+](=O)[O-])c(Nc2ccc(F)c(Cl)c2)n1. The second-order valence-electron chi connectivity index (χ2n) is 3.55. The summed E-state index contributed by atoms with van der Waals surface area (Å²) in [6.07, 6.45) is 1.27. The molecule has 0 spiro atoms. The highest BCUT2D eigenvalue weighted by molar-refractivity contribution is 6.31. The maximum Gasteiger partial charge on any atom is 0.331 e. The molecule has 8 heteroatoms. The molecule has 2 rings (SSSR count). The molecule has 0 aliphatic rings. The van der Waals surface area contributed by atoms with Crippen molar-refractivity contribution in [3.05, 3.63) is 45.4 Å². The maximum absolute atomic E-state index is 13.0. The van der Waals surface area contributed by atoms with Crippen LogP contribution in [0.2, 0.25) is 5.02 Å². The summed E-state index contributed by atoms with van der Waals surface area (Å²) in [5.41, 5.74) is 0.251. The number of aromatic nitrogens is 2. The lowest BCUT2D eigenvalue weighted by Crippen LogP contribution is -1.96. The Morgan fingerprint density at radius 2 is 2.28 bits per heavy atom. The van der Waals surface area contributed by atoms with Crippen molar-refractivity contribution in [3.8, 4) is 0 Å². The largest absolute Gasteiger partial charge is 0.333 e. The molecule has 1 N–H and O–H groups in total. The van der Waals surface area contributed by atoms with Crippen molar-refractivity contribution >= 4 is 28.8 Å². The lowest BCUT2D eigenvalue weighted by molar-refractivity contribution is -0.384. The molecule has 94 valence electrons. The highest BCUT2D eigenvalue weighted by Gasteiger charge is 2.18. The third-order valence-corrected chi connectivity index (χ3v) is 2.48. The van der Waals surface area contributed by atoms with Crippen molar-refractivity contribution in [2.45, 2.75) is 0 Å². The van der Waals surface area contributed by atoms with E-state index in [-0.39, 0.29) is 16.5 Å². The van der Waals surface area contributed by atoms with Crippen molar-refractivity contribution in [2.75, 3.05) is 5.32 Å². The standard InChI is InChI=1S/C10H8ClFN4O2/c1-15-5-9(16(17)18)10(14-15)13-6-2-3-8(12)7(11)4-6/h2-5H,1H3,(H,13,14). The van der Waals surface area contributed by atoms with E-state index in [9.17, 15) is 14.5 Å². The Morgan fingerprint density at radius 1 is 1.56 bits per heavy atom. The van der Waals surface area contributed by atoms with Gasteiger partial charge in [-0.25, -0.2) is 4.39 Å². The first-order chi connectivity index (χ1) is 8.47. The van der Waals surface area contributed by atoms with E-state index >= 15 is 0 Å². The predicted molar refractivity (Wildman–Crippen MR) is 64.6 cm³/mol. The van der Waals surface area contributed by atoms with Crippen molar-refractivity contribution < 1.29 is 9.31 Å². The van der Waals surface area contributed by atoms with E-state index in [1.54, 1.807) is 7.05 Å². The second kappa shape index (κ2) is 4.61. The third kappa shape index (κ3) is 2.40. The Morgan fingerprint density at radius 3 is 2.89 bits per heavy atom. The number of benzene rings is 1. The number of hydrogen-bond donors (Lipinski definition) is 1. The molecule has 1 heterocycles. The van der Waals surface area contributed by atoms with Gasteiger partial charge in [0.1, 0.15) is 12.0 Å². The minimum Gasteiger partial charge on any atom is -0.333 e. The monoisotopic (exact) mass is 270 g/mol. The zero-order chi connectivity index (χ0) is 13.3. The summed E-state index contributed by atoms with van der Waals surface area (Å²) in [7, 11) is 1.57. The van der Waals surface area contributed by atoms with E-state index in [1.807, 2.05) is 0 Å². The van der Waals surface area contributed by atoms with Gasteiger partial charge in [0.2, 0.25) is 5.82 Å². The van der Waals surface area contributed by atoms with Crippen LogP contribution >= 0.6 is 11.6 Å². The van der Waals surface area contributed by atoms with Crippen molar-refractivity contribution in [1.82, 2.24) is 9.78 Å². The first kappa shape index (κ1) is 12.3. The highest BCUT2D eigenvalue weighted by atomic mass is 35.5. The number of rotatable bonds is 3. The molecule has 0 saturated carbocycles. The molecule has 0 bridgehead atoms. The number of nitro groups is 1. The molecule has 0 amide bonds. The van der Waals surface area contributed by atoms with Crippen LogP contribution in [0.3, 0.4) is 0 Å². The fourth-order valence-electron chi connectivity index (χ4n) is 1.41. The normalized spacial score (nSPS) is 10.4. The van der Waals surface area contributed by atoms with E-state index in [0.29, 0.717) is 5.69 Å². The minimum atomic E-state index is -0.558. The summed E-state index contributed by atoms with van der Waals surface area (Å²) in [6.45, 7) is 0. The van der Waals surface area contributed by atoms with Gasteiger partial charge < -0.3 is 5.32 Å². The van der Waals surface area contributed by atoms with E-state index in [4.69, 9.17) is 11.6 Å². The predicted octanol–water partition coefficient (Wildman–Crippen LogP) is 2.86. The Bertz CT molecular complexity index is 614. The Balaban J connectivity index is 2.33. The average Bonchev–Trinajstić information content (AvgIpc) is 2.65. The van der Waals surface area contributed by atoms with Crippen LogP contribution in [0.15, 0.2) is 24.4 Å². The second-order valence-corrected chi connectivity index (χ2v) is 3.95. The van der Waals surface area contributed by atoms with Gasteiger partial charge in [0, 0.05) is 12.7 Å². The van der Waals surface area contributed by atoms with Gasteiger partial charge in [0.25, 0.3) is 0 Å². The van der Waals surface area contributed by atoms with E-state index in [2.05, 4.69) is 10.4 Å². The summed E-state index contributed by atoms with van der Waals surface area (Å²) in [5.74, 6) is -0.483. The van der Waals surface area contributed by atoms with Gasteiger partial charge in [-0.15, -0.1) is 5.10 Å². The quantitative estimate of drug-likeness (QED) is 0.687. The number of halogens is 2. The molecule has 1 aromatic heterocycles. The lowest BCUT2D eigenvalue weighted by atomic mass is 10.3. The van der Waals surface area contributed by atoms with Gasteiger partial charge in [-0.1, -0.05) is 11.6 Å². The Labute approximate surface area is 106 Å². The van der Waals surface area contributed by atoms with Crippen molar-refractivity contribution in [2.24, 2.45) is 7.05 Å². The molecule has 1 aromatic carbocycles. The van der Waals surface area contributed by atoms with Gasteiger partial charge in [0.05, 0.1) is 9.95 Å². The smallest absolute Gasteiger partial charge is 0.331 e. The van der Waals surface area contributed by atoms with E-state index < -0.39 is 10.7 Å². The third-order valence-electron chi connectivity index (χ3n) is 2.19. The molecule has 6 nitrogen and oxygen atoms in total. The topological polar surface area (TPSA) is 73.0 Å².